The van der Waals surface area contributed by atoms with E-state index < -0.39 is 8.80 Å². The van der Waals surface area contributed by atoms with E-state index >= 15 is 0 Å². The van der Waals surface area contributed by atoms with Crippen molar-refractivity contribution in [2.24, 2.45) is 0 Å². The van der Waals surface area contributed by atoms with Gasteiger partial charge in [-0.3, -0.25) is 0 Å². The predicted molar refractivity (Wildman–Crippen MR) is 109 cm³/mol. The fourth-order valence-corrected chi connectivity index (χ4v) is 4.29. The van der Waals surface area contributed by atoms with Crippen LogP contribution >= 0.6 is 0 Å². The summed E-state index contributed by atoms with van der Waals surface area (Å²) in [5, 5.41) is 0. The maximum Gasteiger partial charge on any atom is 0.591 e. The van der Waals surface area contributed by atoms with Crippen LogP contribution in [0.4, 0.5) is 0 Å². The van der Waals surface area contributed by atoms with Gasteiger partial charge in [0.2, 0.25) is 0 Å². The van der Waals surface area contributed by atoms with Crippen molar-refractivity contribution in [1.82, 2.24) is 0 Å². The van der Waals surface area contributed by atoms with Crippen molar-refractivity contribution in [2.45, 2.75) is 20.8 Å². The Hall–Kier alpha value is -2.16. The number of hydrogen-bond donors (Lipinski definition) is 0. The van der Waals surface area contributed by atoms with Crippen LogP contribution in [0.15, 0.2) is 54.6 Å². The molecule has 0 atom stereocenters. The van der Waals surface area contributed by atoms with E-state index in [2.05, 4.69) is 47.9 Å². The summed E-state index contributed by atoms with van der Waals surface area (Å²) in [5.41, 5.74) is 6.35. The number of hydrogen-bond acceptors (Lipinski definition) is 3. The summed E-state index contributed by atoms with van der Waals surface area (Å²) in [4.78, 5) is 0. The lowest BCUT2D eigenvalue weighted by Gasteiger charge is -2.22. The summed E-state index contributed by atoms with van der Waals surface area (Å²) in [6.45, 7) is 7.33. The zero-order valence-electron chi connectivity index (χ0n) is 15.7. The van der Waals surface area contributed by atoms with Gasteiger partial charge < -0.3 is 13.3 Å². The van der Waals surface area contributed by atoms with Crippen molar-refractivity contribution in [2.75, 3.05) is 19.8 Å². The molecule has 0 unspecified atom stereocenters. The van der Waals surface area contributed by atoms with Gasteiger partial charge in [0.25, 0.3) is 0 Å². The minimum Gasteiger partial charge on any atom is -0.364 e. The molecule has 0 saturated heterocycles. The molecule has 0 bridgehead atoms. The summed E-state index contributed by atoms with van der Waals surface area (Å²) in [6, 6.07) is 18.3. The average molecular weight is 367 g/mol. The molecule has 26 heavy (non-hydrogen) atoms. The van der Waals surface area contributed by atoms with Gasteiger partial charge in [-0.1, -0.05) is 60.5 Å². The molecule has 0 aromatic heterocycles. The lowest BCUT2D eigenvalue weighted by Crippen LogP contribution is -2.45. The lowest BCUT2D eigenvalue weighted by atomic mass is 10.1. The van der Waals surface area contributed by atoms with Gasteiger partial charge >= 0.3 is 8.80 Å². The van der Waals surface area contributed by atoms with Gasteiger partial charge in [-0.25, -0.2) is 0 Å². The van der Waals surface area contributed by atoms with Crippen molar-refractivity contribution in [3.8, 4) is 11.5 Å². The third-order valence-corrected chi connectivity index (χ3v) is 5.98. The van der Waals surface area contributed by atoms with E-state index in [0.717, 1.165) is 11.1 Å². The van der Waals surface area contributed by atoms with Crippen LogP contribution in [0.5, 0.6) is 0 Å². The minimum atomic E-state index is -2.93. The van der Waals surface area contributed by atoms with Crippen LogP contribution in [0.3, 0.4) is 0 Å². The van der Waals surface area contributed by atoms with E-state index in [9.17, 15) is 0 Å². The van der Waals surface area contributed by atoms with Gasteiger partial charge in [0.15, 0.2) is 0 Å². The topological polar surface area (TPSA) is 27.7 Å². The molecule has 0 aliphatic heterocycles. The fraction of sp³-hybridized carbons (Fsp3) is 0.273. The molecule has 0 saturated carbocycles. The van der Waals surface area contributed by atoms with Crippen molar-refractivity contribution in [3.63, 3.8) is 0 Å². The van der Waals surface area contributed by atoms with Crippen molar-refractivity contribution in [3.05, 3.63) is 71.3 Å². The Labute approximate surface area is 158 Å². The molecule has 2 aromatic carbocycles. The minimum absolute atomic E-state index is 0.518. The lowest BCUT2D eigenvalue weighted by molar-refractivity contribution is 0.0870. The molecule has 4 heteroatoms. The Kier molecular flexibility index (Phi) is 8.33. The van der Waals surface area contributed by atoms with E-state index in [-0.39, 0.29) is 0 Å². The highest BCUT2D eigenvalue weighted by Crippen LogP contribution is 2.12. The molecule has 0 aliphatic rings. The van der Waals surface area contributed by atoms with E-state index in [4.69, 9.17) is 13.3 Å². The van der Waals surface area contributed by atoms with Crippen LogP contribution in [-0.2, 0) is 13.3 Å². The van der Waals surface area contributed by atoms with Crippen LogP contribution in [0.1, 0.15) is 37.5 Å². The van der Waals surface area contributed by atoms with Crippen molar-refractivity contribution in [1.29, 1.82) is 0 Å². The zero-order valence-corrected chi connectivity index (χ0v) is 16.7. The number of benzene rings is 2. The first-order valence-corrected chi connectivity index (χ1v) is 10.7. The standard InChI is InChI=1S/C22H26O3Si/c1-4-23-26(24-5-2,25-6-3)19-18-22-16-14-21(15-17-22)13-12-20-10-8-7-9-11-20/h7-17H,4-6H2,1-3H3/b13-12+. The highest BCUT2D eigenvalue weighted by Gasteiger charge is 2.39. The summed E-state index contributed by atoms with van der Waals surface area (Å²) in [5.74, 6) is 3.15. The Morgan fingerprint density at radius 1 is 0.731 bits per heavy atom. The average Bonchev–Trinajstić information content (AvgIpc) is 2.67. The summed E-state index contributed by atoms with van der Waals surface area (Å²) in [6.07, 6.45) is 4.18. The largest absolute Gasteiger partial charge is 0.591 e. The van der Waals surface area contributed by atoms with Gasteiger partial charge in [-0.2, -0.15) is 0 Å². The summed E-state index contributed by atoms with van der Waals surface area (Å²) < 4.78 is 17.3. The first-order valence-electron chi connectivity index (χ1n) is 8.99. The quantitative estimate of drug-likeness (QED) is 0.382. The molecule has 136 valence electrons. The third-order valence-electron chi connectivity index (χ3n) is 3.54. The molecule has 0 aliphatic carbocycles. The molecular weight excluding hydrogens is 340 g/mol. The van der Waals surface area contributed by atoms with Crippen LogP contribution in [0.2, 0.25) is 0 Å². The Morgan fingerprint density at radius 3 is 1.73 bits per heavy atom. The van der Waals surface area contributed by atoms with Gasteiger partial charge in [0, 0.05) is 25.4 Å². The van der Waals surface area contributed by atoms with Crippen LogP contribution in [-0.4, -0.2) is 28.6 Å². The highest BCUT2D eigenvalue weighted by atomic mass is 28.4. The zero-order chi connectivity index (χ0) is 18.7. The fourth-order valence-electron chi connectivity index (χ4n) is 2.39. The molecule has 0 fully saturated rings. The van der Waals surface area contributed by atoms with Gasteiger partial charge in [0.05, 0.1) is 0 Å². The van der Waals surface area contributed by atoms with E-state index in [0.29, 0.717) is 19.8 Å². The molecule has 0 N–H and O–H groups in total. The highest BCUT2D eigenvalue weighted by molar-refractivity contribution is 6.69. The normalized spacial score (nSPS) is 11.3. The van der Waals surface area contributed by atoms with Crippen LogP contribution < -0.4 is 0 Å². The molecule has 2 rings (SSSR count). The molecule has 3 nitrogen and oxygen atoms in total. The SMILES string of the molecule is CCO[Si](C#Cc1ccc(/C=C/c2ccccc2)cc1)(OCC)OCC. The van der Waals surface area contributed by atoms with Gasteiger partial charge in [-0.05, 0) is 49.6 Å². The summed E-state index contributed by atoms with van der Waals surface area (Å²) >= 11 is 0. The Morgan fingerprint density at radius 2 is 1.23 bits per heavy atom. The van der Waals surface area contributed by atoms with Gasteiger partial charge in [-0.15, -0.1) is 0 Å². The Bertz CT molecular complexity index is 725. The molecule has 2 aromatic rings. The maximum atomic E-state index is 5.75. The van der Waals surface area contributed by atoms with Crippen LogP contribution in [0.25, 0.3) is 12.2 Å². The summed E-state index contributed by atoms with van der Waals surface area (Å²) in [7, 11) is -2.93. The molecule has 0 spiro atoms. The monoisotopic (exact) mass is 366 g/mol. The van der Waals surface area contributed by atoms with Gasteiger partial charge in [0.1, 0.15) is 0 Å². The first kappa shape index (κ1) is 20.2. The van der Waals surface area contributed by atoms with E-state index in [1.54, 1.807) is 0 Å². The molecule has 0 radical (unpaired) electrons. The first-order chi connectivity index (χ1) is 12.7. The van der Waals surface area contributed by atoms with Crippen LogP contribution in [0, 0.1) is 11.5 Å². The number of rotatable bonds is 8. The van der Waals surface area contributed by atoms with Crippen molar-refractivity contribution >= 4 is 21.0 Å². The van der Waals surface area contributed by atoms with Crippen molar-refractivity contribution < 1.29 is 13.3 Å². The molecule has 0 heterocycles. The Balaban J connectivity index is 2.12. The molecular formula is C22H26O3Si. The second-order valence-electron chi connectivity index (χ2n) is 5.47. The van der Waals surface area contributed by atoms with E-state index in [1.165, 1.54) is 5.56 Å². The van der Waals surface area contributed by atoms with E-state index in [1.807, 2.05) is 51.1 Å². The second-order valence-corrected chi connectivity index (χ2v) is 7.70. The second kappa shape index (κ2) is 10.7. The molecule has 0 amide bonds. The smallest absolute Gasteiger partial charge is 0.364 e. The maximum absolute atomic E-state index is 5.75. The third kappa shape index (κ3) is 6.29. The predicted octanol–water partition coefficient (Wildman–Crippen LogP) is 4.80.